The molecule has 1 atom stereocenters. The minimum Gasteiger partial charge on any atom is -0.316 e. The topological polar surface area (TPSA) is 15.3 Å². The zero-order chi connectivity index (χ0) is 14.1. The van der Waals surface area contributed by atoms with Gasteiger partial charge in [-0.25, -0.2) is 0 Å². The highest BCUT2D eigenvalue weighted by molar-refractivity contribution is 7.98. The first-order valence-electron chi connectivity index (χ1n) is 7.14. The highest BCUT2D eigenvalue weighted by Crippen LogP contribution is 2.15. The number of benzene rings is 1. The lowest BCUT2D eigenvalue weighted by Crippen LogP contribution is -2.21. The second kappa shape index (κ2) is 9.40. The van der Waals surface area contributed by atoms with Crippen LogP contribution in [0.1, 0.15) is 30.9 Å². The second-order valence-corrected chi connectivity index (χ2v) is 6.17. The highest BCUT2D eigenvalue weighted by Gasteiger charge is 2.05. The third-order valence-corrected chi connectivity index (χ3v) is 3.97. The normalized spacial score (nSPS) is 12.9. The molecule has 0 aliphatic carbocycles. The van der Waals surface area contributed by atoms with Crippen LogP contribution in [0.5, 0.6) is 0 Å². The van der Waals surface area contributed by atoms with E-state index in [1.165, 1.54) is 16.9 Å². The SMILES string of the molecule is CCNCC(C)c1ccc(CN(C)CCSC)cc1. The van der Waals surface area contributed by atoms with Gasteiger partial charge in [-0.1, -0.05) is 38.1 Å². The summed E-state index contributed by atoms with van der Waals surface area (Å²) in [5, 5.41) is 3.41. The van der Waals surface area contributed by atoms with Crippen molar-refractivity contribution >= 4 is 11.8 Å². The van der Waals surface area contributed by atoms with Gasteiger partial charge in [-0.15, -0.1) is 0 Å². The molecule has 0 radical (unpaired) electrons. The Balaban J connectivity index is 2.46. The number of thioether (sulfide) groups is 1. The molecule has 0 aliphatic heterocycles. The van der Waals surface area contributed by atoms with Crippen molar-refractivity contribution in [1.29, 1.82) is 0 Å². The number of rotatable bonds is 9. The third kappa shape index (κ3) is 6.46. The lowest BCUT2D eigenvalue weighted by Gasteiger charge is -2.17. The largest absolute Gasteiger partial charge is 0.316 e. The van der Waals surface area contributed by atoms with Crippen LogP contribution in [0.25, 0.3) is 0 Å². The van der Waals surface area contributed by atoms with Gasteiger partial charge in [0.2, 0.25) is 0 Å². The average molecular weight is 280 g/mol. The second-order valence-electron chi connectivity index (χ2n) is 5.18. The van der Waals surface area contributed by atoms with Gasteiger partial charge in [0.15, 0.2) is 0 Å². The van der Waals surface area contributed by atoms with Crippen LogP contribution < -0.4 is 5.32 Å². The molecule has 1 aromatic rings. The van der Waals surface area contributed by atoms with Crippen molar-refractivity contribution < 1.29 is 0 Å². The summed E-state index contributed by atoms with van der Waals surface area (Å²) in [5.41, 5.74) is 2.83. The van der Waals surface area contributed by atoms with Crippen LogP contribution >= 0.6 is 11.8 Å². The van der Waals surface area contributed by atoms with Crippen LogP contribution in [0.2, 0.25) is 0 Å². The molecule has 1 unspecified atom stereocenters. The van der Waals surface area contributed by atoms with Gasteiger partial charge in [0.1, 0.15) is 0 Å². The van der Waals surface area contributed by atoms with Crippen molar-refractivity contribution in [3.8, 4) is 0 Å². The maximum atomic E-state index is 3.41. The van der Waals surface area contributed by atoms with Gasteiger partial charge in [-0.2, -0.15) is 11.8 Å². The van der Waals surface area contributed by atoms with Gasteiger partial charge in [0.05, 0.1) is 0 Å². The average Bonchev–Trinajstić information content (AvgIpc) is 2.43. The molecule has 1 N–H and O–H groups in total. The molecule has 1 rings (SSSR count). The minimum atomic E-state index is 0.586. The molecule has 0 fully saturated rings. The Bertz CT molecular complexity index is 337. The molecule has 1 aromatic carbocycles. The zero-order valence-electron chi connectivity index (χ0n) is 12.8. The number of hydrogen-bond donors (Lipinski definition) is 1. The molecular formula is C16H28N2S. The van der Waals surface area contributed by atoms with Gasteiger partial charge in [-0.3, -0.25) is 0 Å². The molecule has 108 valence electrons. The Hall–Kier alpha value is -0.510. The molecule has 0 aromatic heterocycles. The molecule has 2 nitrogen and oxygen atoms in total. The van der Waals surface area contributed by atoms with E-state index in [2.05, 4.69) is 61.6 Å². The van der Waals surface area contributed by atoms with Crippen LogP contribution in [0.3, 0.4) is 0 Å². The minimum absolute atomic E-state index is 0.586. The van der Waals surface area contributed by atoms with Crippen molar-refractivity contribution in [1.82, 2.24) is 10.2 Å². The van der Waals surface area contributed by atoms with E-state index >= 15 is 0 Å². The third-order valence-electron chi connectivity index (χ3n) is 3.38. The van der Waals surface area contributed by atoms with Gasteiger partial charge in [0, 0.05) is 25.4 Å². The lowest BCUT2D eigenvalue weighted by molar-refractivity contribution is 0.349. The summed E-state index contributed by atoms with van der Waals surface area (Å²) in [6.07, 6.45) is 2.16. The summed E-state index contributed by atoms with van der Waals surface area (Å²) in [6, 6.07) is 9.10. The van der Waals surface area contributed by atoms with Crippen molar-refractivity contribution in [2.24, 2.45) is 0 Å². The Morgan fingerprint density at radius 2 is 1.95 bits per heavy atom. The number of nitrogens with one attached hydrogen (secondary N) is 1. The van der Waals surface area contributed by atoms with Gasteiger partial charge < -0.3 is 10.2 Å². The molecule has 0 saturated carbocycles. The first-order valence-corrected chi connectivity index (χ1v) is 8.53. The molecule has 0 amide bonds. The van der Waals surface area contributed by atoms with Gasteiger partial charge >= 0.3 is 0 Å². The Morgan fingerprint density at radius 3 is 2.53 bits per heavy atom. The van der Waals surface area contributed by atoms with E-state index in [-0.39, 0.29) is 0 Å². The lowest BCUT2D eigenvalue weighted by atomic mass is 9.99. The quantitative estimate of drug-likeness (QED) is 0.748. The Labute approximate surface area is 123 Å². The highest BCUT2D eigenvalue weighted by atomic mass is 32.2. The van der Waals surface area contributed by atoms with Crippen LogP contribution in [-0.4, -0.2) is 43.6 Å². The first-order chi connectivity index (χ1) is 9.17. The van der Waals surface area contributed by atoms with Crippen molar-refractivity contribution in [3.63, 3.8) is 0 Å². The number of hydrogen-bond acceptors (Lipinski definition) is 3. The van der Waals surface area contributed by atoms with Crippen LogP contribution in [0, 0.1) is 0 Å². The number of nitrogens with zero attached hydrogens (tertiary/aromatic N) is 1. The summed E-state index contributed by atoms with van der Waals surface area (Å²) in [7, 11) is 2.19. The molecular weight excluding hydrogens is 252 g/mol. The molecule has 3 heteroatoms. The molecule has 0 bridgehead atoms. The molecule has 0 heterocycles. The van der Waals surface area contributed by atoms with Crippen molar-refractivity contribution in [2.45, 2.75) is 26.3 Å². The van der Waals surface area contributed by atoms with Crippen molar-refractivity contribution in [3.05, 3.63) is 35.4 Å². The zero-order valence-corrected chi connectivity index (χ0v) is 13.6. The summed E-state index contributed by atoms with van der Waals surface area (Å²) in [4.78, 5) is 2.38. The van der Waals surface area contributed by atoms with Crippen LogP contribution in [-0.2, 0) is 6.54 Å². The van der Waals surface area contributed by atoms with Crippen LogP contribution in [0.15, 0.2) is 24.3 Å². The summed E-state index contributed by atoms with van der Waals surface area (Å²) in [5.74, 6) is 1.79. The van der Waals surface area contributed by atoms with E-state index in [0.29, 0.717) is 5.92 Å². The number of likely N-dealkylation sites (N-methyl/N-ethyl adjacent to an activating group) is 1. The maximum absolute atomic E-state index is 3.41. The monoisotopic (exact) mass is 280 g/mol. The summed E-state index contributed by atoms with van der Waals surface area (Å²) in [6.45, 7) is 8.73. The fourth-order valence-corrected chi connectivity index (χ4v) is 2.56. The van der Waals surface area contributed by atoms with E-state index < -0.39 is 0 Å². The standard InChI is InChI=1S/C16H28N2S/c1-5-17-12-14(2)16-8-6-15(7-9-16)13-18(3)10-11-19-4/h6-9,14,17H,5,10-13H2,1-4H3. The molecule has 0 saturated heterocycles. The maximum Gasteiger partial charge on any atom is 0.0231 e. The van der Waals surface area contributed by atoms with E-state index in [0.717, 1.165) is 26.2 Å². The fourth-order valence-electron chi connectivity index (χ4n) is 2.07. The fraction of sp³-hybridized carbons (Fsp3) is 0.625. The van der Waals surface area contributed by atoms with Crippen LogP contribution in [0.4, 0.5) is 0 Å². The first kappa shape index (κ1) is 16.5. The van der Waals surface area contributed by atoms with E-state index in [9.17, 15) is 0 Å². The molecule has 19 heavy (non-hydrogen) atoms. The van der Waals surface area contributed by atoms with Gasteiger partial charge in [-0.05, 0) is 36.9 Å². The molecule has 0 aliphatic rings. The van der Waals surface area contributed by atoms with E-state index in [1.807, 2.05) is 11.8 Å². The summed E-state index contributed by atoms with van der Waals surface area (Å²) < 4.78 is 0. The Kier molecular flexibility index (Phi) is 8.19. The van der Waals surface area contributed by atoms with E-state index in [1.54, 1.807) is 0 Å². The molecule has 0 spiro atoms. The smallest absolute Gasteiger partial charge is 0.0231 e. The summed E-state index contributed by atoms with van der Waals surface area (Å²) >= 11 is 1.91. The predicted molar refractivity (Wildman–Crippen MR) is 88.1 cm³/mol. The predicted octanol–water partition coefficient (Wildman–Crippen LogP) is 3.19. The van der Waals surface area contributed by atoms with E-state index in [4.69, 9.17) is 0 Å². The van der Waals surface area contributed by atoms with Gasteiger partial charge in [0.25, 0.3) is 0 Å². The Morgan fingerprint density at radius 1 is 1.26 bits per heavy atom. The van der Waals surface area contributed by atoms with Crippen molar-refractivity contribution in [2.75, 3.05) is 38.7 Å².